The second kappa shape index (κ2) is 4.49. The lowest BCUT2D eigenvalue weighted by molar-refractivity contribution is 0.299. The van der Waals surface area contributed by atoms with Crippen LogP contribution in [0.5, 0.6) is 0 Å². The van der Waals surface area contributed by atoms with Crippen LogP contribution in [0.4, 0.5) is 0 Å². The molecule has 0 amide bonds. The molecule has 3 heteroatoms. The highest BCUT2D eigenvalue weighted by Gasteiger charge is 2.01. The third-order valence-corrected chi connectivity index (χ3v) is 2.61. The van der Waals surface area contributed by atoms with Crippen molar-refractivity contribution in [3.8, 4) is 0 Å². The Balaban J connectivity index is 2.62. The Morgan fingerprint density at radius 2 is 2.27 bits per heavy atom. The van der Waals surface area contributed by atoms with E-state index >= 15 is 0 Å². The van der Waals surface area contributed by atoms with E-state index in [4.69, 9.17) is 10.8 Å². The van der Waals surface area contributed by atoms with Crippen LogP contribution in [0.3, 0.4) is 0 Å². The first-order valence-corrected chi connectivity index (χ1v) is 4.62. The van der Waals surface area contributed by atoms with Gasteiger partial charge < -0.3 is 10.8 Å². The Hall–Kier alpha value is -0.380. The van der Waals surface area contributed by atoms with Gasteiger partial charge in [0.25, 0.3) is 0 Å². The molecule has 0 saturated carbocycles. The van der Waals surface area contributed by atoms with Gasteiger partial charge in [-0.1, -0.05) is 0 Å². The standard InChI is InChI=1S/C8H13NOS/c9-4-1-8-7(2-5-10)3-6-11-8/h3,6,10H,1-2,4-5,9H2. The minimum atomic E-state index is 0.230. The van der Waals surface area contributed by atoms with Crippen molar-refractivity contribution in [1.82, 2.24) is 0 Å². The van der Waals surface area contributed by atoms with Crippen molar-refractivity contribution in [3.05, 3.63) is 21.9 Å². The van der Waals surface area contributed by atoms with E-state index in [1.807, 2.05) is 0 Å². The van der Waals surface area contributed by atoms with E-state index in [9.17, 15) is 0 Å². The molecule has 3 N–H and O–H groups in total. The summed E-state index contributed by atoms with van der Waals surface area (Å²) >= 11 is 1.72. The summed E-state index contributed by atoms with van der Waals surface area (Å²) in [6.07, 6.45) is 1.70. The van der Waals surface area contributed by atoms with Crippen LogP contribution in [-0.4, -0.2) is 18.3 Å². The van der Waals surface area contributed by atoms with Gasteiger partial charge in [0.05, 0.1) is 0 Å². The van der Waals surface area contributed by atoms with Crippen LogP contribution in [0.2, 0.25) is 0 Å². The summed E-state index contributed by atoms with van der Waals surface area (Å²) < 4.78 is 0. The lowest BCUT2D eigenvalue weighted by Crippen LogP contribution is -2.03. The minimum Gasteiger partial charge on any atom is -0.396 e. The lowest BCUT2D eigenvalue weighted by atomic mass is 10.1. The maximum Gasteiger partial charge on any atom is 0.0471 e. The molecule has 0 radical (unpaired) electrons. The first-order valence-electron chi connectivity index (χ1n) is 3.74. The van der Waals surface area contributed by atoms with E-state index in [0.29, 0.717) is 6.54 Å². The predicted octanol–water partition coefficient (Wildman–Crippen LogP) is 0.784. The van der Waals surface area contributed by atoms with Gasteiger partial charge in [0.2, 0.25) is 0 Å². The maximum absolute atomic E-state index is 8.70. The van der Waals surface area contributed by atoms with E-state index in [0.717, 1.165) is 12.8 Å². The molecule has 11 heavy (non-hydrogen) atoms. The van der Waals surface area contributed by atoms with Gasteiger partial charge in [-0.05, 0) is 36.4 Å². The van der Waals surface area contributed by atoms with Crippen molar-refractivity contribution >= 4 is 11.3 Å². The first kappa shape index (κ1) is 8.71. The van der Waals surface area contributed by atoms with Crippen LogP contribution in [0.1, 0.15) is 10.4 Å². The van der Waals surface area contributed by atoms with Crippen molar-refractivity contribution < 1.29 is 5.11 Å². The van der Waals surface area contributed by atoms with Crippen molar-refractivity contribution in [2.75, 3.05) is 13.2 Å². The second-order valence-corrected chi connectivity index (χ2v) is 3.38. The molecule has 62 valence electrons. The number of aliphatic hydroxyl groups is 1. The van der Waals surface area contributed by atoms with Crippen LogP contribution in [0, 0.1) is 0 Å². The Kier molecular flexibility index (Phi) is 3.56. The molecular weight excluding hydrogens is 158 g/mol. The zero-order valence-corrected chi connectivity index (χ0v) is 7.23. The number of nitrogens with two attached hydrogens (primary N) is 1. The Morgan fingerprint density at radius 3 is 2.91 bits per heavy atom. The van der Waals surface area contributed by atoms with Gasteiger partial charge in [-0.2, -0.15) is 0 Å². The molecule has 1 aromatic rings. The number of rotatable bonds is 4. The number of hydrogen-bond donors (Lipinski definition) is 2. The molecule has 1 heterocycles. The molecule has 0 fully saturated rings. The summed E-state index contributed by atoms with van der Waals surface area (Å²) in [7, 11) is 0. The van der Waals surface area contributed by atoms with Crippen LogP contribution in [0.25, 0.3) is 0 Å². The molecule has 2 nitrogen and oxygen atoms in total. The number of thiophene rings is 1. The molecule has 1 rings (SSSR count). The number of aliphatic hydroxyl groups excluding tert-OH is 1. The summed E-state index contributed by atoms with van der Waals surface area (Å²) in [5.74, 6) is 0. The topological polar surface area (TPSA) is 46.2 Å². The Labute approximate surface area is 70.7 Å². The summed E-state index contributed by atoms with van der Waals surface area (Å²) in [5, 5.41) is 10.8. The molecule has 0 aliphatic carbocycles. The summed E-state index contributed by atoms with van der Waals surface area (Å²) in [5.41, 5.74) is 6.68. The highest BCUT2D eigenvalue weighted by Crippen LogP contribution is 2.17. The molecule has 0 spiro atoms. The van der Waals surface area contributed by atoms with Gasteiger partial charge in [0, 0.05) is 11.5 Å². The van der Waals surface area contributed by atoms with Gasteiger partial charge >= 0.3 is 0 Å². The molecular formula is C8H13NOS. The van der Waals surface area contributed by atoms with Crippen molar-refractivity contribution in [3.63, 3.8) is 0 Å². The first-order chi connectivity index (χ1) is 5.38. The Morgan fingerprint density at radius 1 is 1.45 bits per heavy atom. The molecule has 1 aromatic heterocycles. The summed E-state index contributed by atoms with van der Waals surface area (Å²) in [6, 6.07) is 2.06. The molecule has 0 atom stereocenters. The molecule has 0 bridgehead atoms. The molecule has 0 saturated heterocycles. The summed E-state index contributed by atoms with van der Waals surface area (Å²) in [6.45, 7) is 0.924. The monoisotopic (exact) mass is 171 g/mol. The highest BCUT2D eigenvalue weighted by molar-refractivity contribution is 7.10. The Bertz CT molecular complexity index is 189. The third-order valence-electron chi connectivity index (χ3n) is 1.59. The van der Waals surface area contributed by atoms with Crippen LogP contribution < -0.4 is 5.73 Å². The largest absolute Gasteiger partial charge is 0.396 e. The smallest absolute Gasteiger partial charge is 0.0471 e. The number of hydrogen-bond acceptors (Lipinski definition) is 3. The molecule has 0 unspecified atom stereocenters. The molecule has 0 aliphatic rings. The lowest BCUT2D eigenvalue weighted by Gasteiger charge is -1.98. The van der Waals surface area contributed by atoms with E-state index < -0.39 is 0 Å². The maximum atomic E-state index is 8.70. The van der Waals surface area contributed by atoms with Crippen LogP contribution >= 0.6 is 11.3 Å². The zero-order chi connectivity index (χ0) is 8.10. The van der Waals surface area contributed by atoms with Gasteiger partial charge in [-0.3, -0.25) is 0 Å². The van der Waals surface area contributed by atoms with E-state index in [2.05, 4.69) is 11.4 Å². The van der Waals surface area contributed by atoms with Crippen molar-refractivity contribution in [2.45, 2.75) is 12.8 Å². The van der Waals surface area contributed by atoms with Crippen molar-refractivity contribution in [2.24, 2.45) is 5.73 Å². The van der Waals surface area contributed by atoms with Crippen LogP contribution in [-0.2, 0) is 12.8 Å². The van der Waals surface area contributed by atoms with E-state index in [-0.39, 0.29) is 6.61 Å². The fourth-order valence-electron chi connectivity index (χ4n) is 1.06. The average molecular weight is 171 g/mol. The normalized spacial score (nSPS) is 10.4. The quantitative estimate of drug-likeness (QED) is 0.703. The zero-order valence-electron chi connectivity index (χ0n) is 6.42. The minimum absolute atomic E-state index is 0.230. The van der Waals surface area contributed by atoms with Gasteiger partial charge in [0.1, 0.15) is 0 Å². The van der Waals surface area contributed by atoms with Crippen LogP contribution in [0.15, 0.2) is 11.4 Å². The second-order valence-electron chi connectivity index (χ2n) is 2.38. The van der Waals surface area contributed by atoms with Gasteiger partial charge in [0.15, 0.2) is 0 Å². The van der Waals surface area contributed by atoms with Gasteiger partial charge in [-0.25, -0.2) is 0 Å². The third kappa shape index (κ3) is 2.29. The average Bonchev–Trinajstić information content (AvgIpc) is 2.39. The predicted molar refractivity (Wildman–Crippen MR) is 47.9 cm³/mol. The van der Waals surface area contributed by atoms with E-state index in [1.54, 1.807) is 11.3 Å². The van der Waals surface area contributed by atoms with Gasteiger partial charge in [-0.15, -0.1) is 11.3 Å². The SMILES string of the molecule is NCCc1sccc1CCO. The molecule has 0 aromatic carbocycles. The van der Waals surface area contributed by atoms with Crippen molar-refractivity contribution in [1.29, 1.82) is 0 Å². The molecule has 0 aliphatic heterocycles. The highest BCUT2D eigenvalue weighted by atomic mass is 32.1. The summed E-state index contributed by atoms with van der Waals surface area (Å²) in [4.78, 5) is 1.32. The fraction of sp³-hybridized carbons (Fsp3) is 0.500. The fourth-order valence-corrected chi connectivity index (χ4v) is 2.01. The van der Waals surface area contributed by atoms with E-state index in [1.165, 1.54) is 10.4 Å².